The number of Topliss-reactive ketones (excluding diaryl/α,β-unsaturated/α-hetero) is 1. The second kappa shape index (κ2) is 5.76. The fraction of sp³-hybridized carbons (Fsp3) is 0.389. The van der Waals surface area contributed by atoms with E-state index in [9.17, 15) is 4.79 Å². The molecule has 0 unspecified atom stereocenters. The van der Waals surface area contributed by atoms with Gasteiger partial charge in [0.2, 0.25) is 5.78 Å². The molecule has 0 aliphatic rings. The normalized spacial score (nSPS) is 10.8. The zero-order chi connectivity index (χ0) is 15.7. The van der Waals surface area contributed by atoms with Gasteiger partial charge in [0.25, 0.3) is 0 Å². The molecule has 0 aliphatic heterocycles. The van der Waals surface area contributed by atoms with Crippen LogP contribution in [0.25, 0.3) is 0 Å². The van der Waals surface area contributed by atoms with Crippen LogP contribution < -0.4 is 4.74 Å². The fourth-order valence-corrected chi connectivity index (χ4v) is 2.51. The smallest absolute Gasteiger partial charge is 0.202 e. The molecule has 112 valence electrons. The Hall–Kier alpha value is -2.03. The second-order valence-electron chi connectivity index (χ2n) is 5.76. The summed E-state index contributed by atoms with van der Waals surface area (Å²) in [5.74, 6) is 0.820. The summed E-state index contributed by atoms with van der Waals surface area (Å²) in [6.45, 7) is 10.1. The van der Waals surface area contributed by atoms with Crippen LogP contribution in [-0.4, -0.2) is 17.0 Å². The number of nitrogens with zero attached hydrogens (tertiary/aromatic N) is 1. The van der Waals surface area contributed by atoms with E-state index in [1.807, 2.05) is 51.4 Å². The Morgan fingerprint density at radius 1 is 1.10 bits per heavy atom. The van der Waals surface area contributed by atoms with Gasteiger partial charge >= 0.3 is 0 Å². The van der Waals surface area contributed by atoms with E-state index in [0.717, 1.165) is 33.8 Å². The molecule has 0 N–H and O–H groups in total. The molecule has 0 atom stereocenters. The lowest BCUT2D eigenvalue weighted by Gasteiger charge is -2.12. The summed E-state index contributed by atoms with van der Waals surface area (Å²) < 4.78 is 7.78. The average molecular weight is 285 g/mol. The number of aryl methyl sites for hydroxylation is 3. The minimum Gasteiger partial charge on any atom is -0.485 e. The summed E-state index contributed by atoms with van der Waals surface area (Å²) >= 11 is 0. The van der Waals surface area contributed by atoms with Crippen LogP contribution >= 0.6 is 0 Å². The molecule has 3 heteroatoms. The van der Waals surface area contributed by atoms with E-state index in [1.165, 1.54) is 5.56 Å². The molecular weight excluding hydrogens is 262 g/mol. The first-order valence-electron chi connectivity index (χ1n) is 7.18. The zero-order valence-corrected chi connectivity index (χ0v) is 13.7. The van der Waals surface area contributed by atoms with E-state index in [2.05, 4.69) is 13.0 Å². The standard InChI is InChI=1S/C18H23NO2/c1-11-7-12(2)14(4)18(8-11)21-10-17(20)16-9-13(3)19(6)15(16)5/h7-9H,10H2,1-6H3. The summed E-state index contributed by atoms with van der Waals surface area (Å²) in [6, 6.07) is 6.03. The Bertz CT molecular complexity index is 696. The number of carbonyl (C=O) groups is 1. The van der Waals surface area contributed by atoms with Crippen LogP contribution in [0.3, 0.4) is 0 Å². The summed E-state index contributed by atoms with van der Waals surface area (Å²) in [7, 11) is 1.97. The fourth-order valence-electron chi connectivity index (χ4n) is 2.51. The number of hydrogen-bond donors (Lipinski definition) is 0. The first-order valence-corrected chi connectivity index (χ1v) is 7.18. The van der Waals surface area contributed by atoms with Gasteiger partial charge in [0.1, 0.15) is 5.75 Å². The van der Waals surface area contributed by atoms with Crippen molar-refractivity contribution in [1.82, 2.24) is 4.57 Å². The topological polar surface area (TPSA) is 31.2 Å². The van der Waals surface area contributed by atoms with Gasteiger partial charge in [-0.25, -0.2) is 0 Å². The predicted octanol–water partition coefficient (Wildman–Crippen LogP) is 3.83. The number of hydrogen-bond acceptors (Lipinski definition) is 2. The van der Waals surface area contributed by atoms with Crippen LogP contribution in [0.15, 0.2) is 18.2 Å². The quantitative estimate of drug-likeness (QED) is 0.799. The van der Waals surface area contributed by atoms with Gasteiger partial charge in [-0.2, -0.15) is 0 Å². The molecule has 2 aromatic rings. The molecule has 21 heavy (non-hydrogen) atoms. The number of carbonyl (C=O) groups excluding carboxylic acids is 1. The first-order chi connectivity index (χ1) is 9.81. The maximum Gasteiger partial charge on any atom is 0.202 e. The molecule has 3 nitrogen and oxygen atoms in total. The van der Waals surface area contributed by atoms with Crippen molar-refractivity contribution in [1.29, 1.82) is 0 Å². The lowest BCUT2D eigenvalue weighted by atomic mass is 10.1. The van der Waals surface area contributed by atoms with Gasteiger partial charge in [-0.15, -0.1) is 0 Å². The average Bonchev–Trinajstić information content (AvgIpc) is 2.68. The highest BCUT2D eigenvalue weighted by atomic mass is 16.5. The SMILES string of the molecule is Cc1cc(C)c(C)c(OCC(=O)c2cc(C)n(C)c2C)c1. The molecule has 0 amide bonds. The monoisotopic (exact) mass is 285 g/mol. The molecule has 0 saturated carbocycles. The van der Waals surface area contributed by atoms with Gasteiger partial charge in [-0.1, -0.05) is 6.07 Å². The second-order valence-corrected chi connectivity index (χ2v) is 5.76. The van der Waals surface area contributed by atoms with Crippen LogP contribution in [0.1, 0.15) is 38.4 Å². The maximum absolute atomic E-state index is 12.3. The maximum atomic E-state index is 12.3. The highest BCUT2D eigenvalue weighted by molar-refractivity contribution is 5.98. The molecule has 1 heterocycles. The minimum atomic E-state index is 0.0229. The Labute approximate surface area is 126 Å². The molecule has 0 saturated heterocycles. The molecule has 0 aliphatic carbocycles. The van der Waals surface area contributed by atoms with Crippen LogP contribution in [0.2, 0.25) is 0 Å². The molecule has 0 fully saturated rings. The lowest BCUT2D eigenvalue weighted by Crippen LogP contribution is -2.13. The number of benzene rings is 1. The van der Waals surface area contributed by atoms with Crippen molar-refractivity contribution in [2.45, 2.75) is 34.6 Å². The third kappa shape index (κ3) is 3.02. The van der Waals surface area contributed by atoms with Crippen LogP contribution in [0, 0.1) is 34.6 Å². The zero-order valence-electron chi connectivity index (χ0n) is 13.7. The van der Waals surface area contributed by atoms with Crippen molar-refractivity contribution < 1.29 is 9.53 Å². The largest absolute Gasteiger partial charge is 0.485 e. The van der Waals surface area contributed by atoms with E-state index in [4.69, 9.17) is 4.74 Å². The first kappa shape index (κ1) is 15.4. The third-order valence-corrected chi connectivity index (χ3v) is 4.20. The van der Waals surface area contributed by atoms with Gasteiger partial charge in [-0.05, 0) is 63.4 Å². The van der Waals surface area contributed by atoms with Gasteiger partial charge in [0.15, 0.2) is 6.61 Å². The minimum absolute atomic E-state index is 0.0229. The molecule has 1 aromatic carbocycles. The van der Waals surface area contributed by atoms with Gasteiger partial charge in [0, 0.05) is 24.0 Å². The summed E-state index contributed by atoms with van der Waals surface area (Å²) in [6.07, 6.45) is 0. The van der Waals surface area contributed by atoms with Crippen LogP contribution in [0.4, 0.5) is 0 Å². The van der Waals surface area contributed by atoms with Crippen LogP contribution in [-0.2, 0) is 7.05 Å². The molecule has 0 radical (unpaired) electrons. The number of ether oxygens (including phenoxy) is 1. The van der Waals surface area contributed by atoms with Crippen molar-refractivity contribution in [3.63, 3.8) is 0 Å². The molecule has 0 spiro atoms. The molecule has 2 rings (SSSR count). The highest BCUT2D eigenvalue weighted by Gasteiger charge is 2.15. The third-order valence-electron chi connectivity index (χ3n) is 4.20. The Balaban J connectivity index is 2.17. The van der Waals surface area contributed by atoms with Crippen molar-refractivity contribution in [2.24, 2.45) is 7.05 Å². The number of aromatic nitrogens is 1. The number of ketones is 1. The Kier molecular flexibility index (Phi) is 4.21. The van der Waals surface area contributed by atoms with E-state index in [-0.39, 0.29) is 12.4 Å². The number of rotatable bonds is 4. The molecular formula is C18H23NO2. The van der Waals surface area contributed by atoms with Crippen molar-refractivity contribution >= 4 is 5.78 Å². The van der Waals surface area contributed by atoms with Crippen molar-refractivity contribution in [3.05, 3.63) is 51.8 Å². The lowest BCUT2D eigenvalue weighted by molar-refractivity contribution is 0.0920. The summed E-state index contributed by atoms with van der Waals surface area (Å²) in [5, 5.41) is 0. The van der Waals surface area contributed by atoms with E-state index >= 15 is 0 Å². The van der Waals surface area contributed by atoms with Gasteiger partial charge < -0.3 is 9.30 Å². The Morgan fingerprint density at radius 3 is 2.33 bits per heavy atom. The Morgan fingerprint density at radius 2 is 1.76 bits per heavy atom. The van der Waals surface area contributed by atoms with Gasteiger partial charge in [0.05, 0.1) is 0 Å². The van der Waals surface area contributed by atoms with E-state index < -0.39 is 0 Å². The van der Waals surface area contributed by atoms with Gasteiger partial charge in [-0.3, -0.25) is 4.79 Å². The predicted molar refractivity (Wildman–Crippen MR) is 85.4 cm³/mol. The van der Waals surface area contributed by atoms with Crippen molar-refractivity contribution in [2.75, 3.05) is 6.61 Å². The molecule has 0 bridgehead atoms. The van der Waals surface area contributed by atoms with E-state index in [0.29, 0.717) is 0 Å². The highest BCUT2D eigenvalue weighted by Crippen LogP contribution is 2.23. The van der Waals surface area contributed by atoms with Crippen molar-refractivity contribution in [3.8, 4) is 5.75 Å². The summed E-state index contributed by atoms with van der Waals surface area (Å²) in [4.78, 5) is 12.3. The summed E-state index contributed by atoms with van der Waals surface area (Å²) in [5.41, 5.74) is 6.24. The van der Waals surface area contributed by atoms with E-state index in [1.54, 1.807) is 0 Å². The van der Waals surface area contributed by atoms with Crippen LogP contribution in [0.5, 0.6) is 5.75 Å². The molecule has 1 aromatic heterocycles.